The molecule has 3 aromatic rings. The molecule has 0 bridgehead atoms. The lowest BCUT2D eigenvalue weighted by Gasteiger charge is -2.20. The van der Waals surface area contributed by atoms with Gasteiger partial charge in [0.2, 0.25) is 6.79 Å². The molecule has 5 rings (SSSR count). The second kappa shape index (κ2) is 6.33. The number of nitrogens with zero attached hydrogens (tertiary/aromatic N) is 2. The predicted octanol–water partition coefficient (Wildman–Crippen LogP) is 4.29. The Kier molecular flexibility index (Phi) is 3.70. The highest BCUT2D eigenvalue weighted by Gasteiger charge is 2.18. The van der Waals surface area contributed by atoms with Crippen LogP contribution in [0.2, 0.25) is 0 Å². The van der Waals surface area contributed by atoms with Crippen molar-refractivity contribution in [3.8, 4) is 11.5 Å². The molecule has 2 aliphatic rings. The summed E-state index contributed by atoms with van der Waals surface area (Å²) in [4.78, 5) is 4.86. The van der Waals surface area contributed by atoms with Crippen LogP contribution in [0.5, 0.6) is 11.5 Å². The van der Waals surface area contributed by atoms with Gasteiger partial charge in [-0.2, -0.15) is 5.10 Å². The van der Waals surface area contributed by atoms with Crippen molar-refractivity contribution >= 4 is 22.8 Å². The first-order valence-corrected chi connectivity index (χ1v) is 8.98. The van der Waals surface area contributed by atoms with Gasteiger partial charge in [-0.1, -0.05) is 18.2 Å². The lowest BCUT2D eigenvalue weighted by Crippen LogP contribution is -2.09. The third kappa shape index (κ3) is 2.65. The van der Waals surface area contributed by atoms with Crippen LogP contribution in [0.3, 0.4) is 0 Å². The van der Waals surface area contributed by atoms with E-state index in [9.17, 15) is 0 Å². The summed E-state index contributed by atoms with van der Waals surface area (Å²) >= 11 is 0. The number of fused-ring (bicyclic) bond motifs is 3. The van der Waals surface area contributed by atoms with Crippen LogP contribution in [0.15, 0.2) is 47.6 Å². The highest BCUT2D eigenvalue weighted by atomic mass is 16.7. The topological polar surface area (TPSA) is 55.7 Å². The van der Waals surface area contributed by atoms with Gasteiger partial charge >= 0.3 is 0 Å². The van der Waals surface area contributed by atoms with Gasteiger partial charge in [0, 0.05) is 11.1 Å². The Bertz CT molecular complexity index is 1010. The van der Waals surface area contributed by atoms with E-state index in [1.807, 2.05) is 36.5 Å². The van der Waals surface area contributed by atoms with Crippen molar-refractivity contribution in [2.45, 2.75) is 25.7 Å². The lowest BCUT2D eigenvalue weighted by molar-refractivity contribution is 0.174. The Hall–Kier alpha value is -3.08. The van der Waals surface area contributed by atoms with Crippen LogP contribution in [-0.4, -0.2) is 18.0 Å². The maximum atomic E-state index is 5.42. The molecule has 1 N–H and O–H groups in total. The molecule has 26 heavy (non-hydrogen) atoms. The van der Waals surface area contributed by atoms with Gasteiger partial charge in [0.25, 0.3) is 0 Å². The molecule has 1 aliphatic heterocycles. The summed E-state index contributed by atoms with van der Waals surface area (Å²) in [6, 6.07) is 14.1. The van der Waals surface area contributed by atoms with E-state index in [1.165, 1.54) is 24.1 Å². The third-order valence-electron chi connectivity index (χ3n) is 4.96. The fourth-order valence-electron chi connectivity index (χ4n) is 3.67. The van der Waals surface area contributed by atoms with Crippen LogP contribution < -0.4 is 14.9 Å². The van der Waals surface area contributed by atoms with Crippen LogP contribution in [-0.2, 0) is 12.8 Å². The van der Waals surface area contributed by atoms with Crippen LogP contribution in [0.1, 0.15) is 29.7 Å². The second-order valence-corrected chi connectivity index (χ2v) is 6.62. The van der Waals surface area contributed by atoms with Gasteiger partial charge in [-0.15, -0.1) is 0 Å². The average molecular weight is 345 g/mol. The maximum Gasteiger partial charge on any atom is 0.231 e. The van der Waals surface area contributed by atoms with Gasteiger partial charge in [0.1, 0.15) is 0 Å². The van der Waals surface area contributed by atoms with Crippen LogP contribution in [0, 0.1) is 0 Å². The van der Waals surface area contributed by atoms with Crippen molar-refractivity contribution in [3.63, 3.8) is 0 Å². The first-order valence-electron chi connectivity index (χ1n) is 8.98. The van der Waals surface area contributed by atoms with E-state index in [0.29, 0.717) is 0 Å². The summed E-state index contributed by atoms with van der Waals surface area (Å²) in [7, 11) is 0. The van der Waals surface area contributed by atoms with E-state index in [-0.39, 0.29) is 6.79 Å². The molecule has 1 aliphatic carbocycles. The molecular weight excluding hydrogens is 326 g/mol. The van der Waals surface area contributed by atoms with E-state index in [0.717, 1.165) is 46.5 Å². The first-order chi connectivity index (χ1) is 12.9. The first kappa shape index (κ1) is 15.2. The summed E-state index contributed by atoms with van der Waals surface area (Å²) in [5.74, 6) is 1.55. The van der Waals surface area contributed by atoms with Gasteiger partial charge in [0.05, 0.1) is 17.4 Å². The molecule has 1 aromatic heterocycles. The van der Waals surface area contributed by atoms with E-state index in [2.05, 4.69) is 22.7 Å². The lowest BCUT2D eigenvalue weighted by atomic mass is 9.93. The number of ether oxygens (including phenoxy) is 2. The molecule has 0 fully saturated rings. The highest BCUT2D eigenvalue weighted by Crippen LogP contribution is 2.34. The Morgan fingerprint density at radius 3 is 2.88 bits per heavy atom. The number of nitrogens with one attached hydrogen (secondary N) is 1. The number of benzene rings is 2. The quantitative estimate of drug-likeness (QED) is 0.568. The van der Waals surface area contributed by atoms with Crippen LogP contribution >= 0.6 is 0 Å². The number of aromatic nitrogens is 1. The predicted molar refractivity (Wildman–Crippen MR) is 102 cm³/mol. The number of aryl methyl sites for hydroxylation is 1. The molecule has 130 valence electrons. The fraction of sp³-hybridized carbons (Fsp3) is 0.238. The second-order valence-electron chi connectivity index (χ2n) is 6.62. The Balaban J connectivity index is 1.49. The van der Waals surface area contributed by atoms with Gasteiger partial charge in [-0.05, 0) is 61.1 Å². The SMILES string of the molecule is C(=N/Nc1c2c(nc3ccccc13)CCCC2)/c1ccc2c(c1)OCO2. The summed E-state index contributed by atoms with van der Waals surface area (Å²) in [5.41, 5.74) is 8.87. The molecule has 0 radical (unpaired) electrons. The highest BCUT2D eigenvalue weighted by molar-refractivity contribution is 5.94. The molecule has 0 saturated heterocycles. The molecule has 0 atom stereocenters. The number of rotatable bonds is 3. The number of pyridine rings is 1. The normalized spacial score (nSPS) is 15.4. The van der Waals surface area contributed by atoms with E-state index >= 15 is 0 Å². The van der Waals surface area contributed by atoms with E-state index < -0.39 is 0 Å². The van der Waals surface area contributed by atoms with Gasteiger partial charge < -0.3 is 9.47 Å². The van der Waals surface area contributed by atoms with Crippen molar-refractivity contribution in [2.24, 2.45) is 5.10 Å². The third-order valence-corrected chi connectivity index (χ3v) is 4.96. The molecule has 0 amide bonds. The summed E-state index contributed by atoms with van der Waals surface area (Å²) in [6.45, 7) is 0.281. The minimum atomic E-state index is 0.281. The zero-order valence-corrected chi connectivity index (χ0v) is 14.4. The molecule has 0 saturated carbocycles. The minimum Gasteiger partial charge on any atom is -0.454 e. The van der Waals surface area contributed by atoms with Gasteiger partial charge in [-0.25, -0.2) is 0 Å². The Morgan fingerprint density at radius 2 is 1.88 bits per heavy atom. The number of hydrogen-bond acceptors (Lipinski definition) is 5. The number of hydrogen-bond donors (Lipinski definition) is 1. The van der Waals surface area contributed by atoms with E-state index in [4.69, 9.17) is 14.5 Å². The largest absolute Gasteiger partial charge is 0.454 e. The average Bonchev–Trinajstić information content (AvgIpc) is 3.15. The fourth-order valence-corrected chi connectivity index (χ4v) is 3.67. The molecular formula is C21H19N3O2. The van der Waals surface area contributed by atoms with Gasteiger partial charge in [-0.3, -0.25) is 10.4 Å². The molecule has 5 nitrogen and oxygen atoms in total. The standard InChI is InChI=1S/C21H19N3O2/c1-3-7-17-15(5-1)21(16-6-2-4-8-18(16)23-17)24-22-12-14-9-10-19-20(11-14)26-13-25-19/h1,3,5,7,9-12H,2,4,6,8,13H2,(H,23,24)/b22-12-. The van der Waals surface area contributed by atoms with Crippen LogP contribution in [0.25, 0.3) is 10.9 Å². The maximum absolute atomic E-state index is 5.42. The molecule has 0 unspecified atom stereocenters. The molecule has 5 heteroatoms. The van der Waals surface area contributed by atoms with Gasteiger partial charge in [0.15, 0.2) is 11.5 Å². The number of hydrazone groups is 1. The molecule has 2 heterocycles. The summed E-state index contributed by atoms with van der Waals surface area (Å²) < 4.78 is 10.8. The Morgan fingerprint density at radius 1 is 1.00 bits per heavy atom. The summed E-state index contributed by atoms with van der Waals surface area (Å²) in [6.07, 6.45) is 6.31. The van der Waals surface area contributed by atoms with Crippen LogP contribution in [0.4, 0.5) is 5.69 Å². The zero-order valence-electron chi connectivity index (χ0n) is 14.4. The van der Waals surface area contributed by atoms with Crippen molar-refractivity contribution in [2.75, 3.05) is 12.2 Å². The number of para-hydroxylation sites is 1. The van der Waals surface area contributed by atoms with E-state index in [1.54, 1.807) is 0 Å². The number of anilines is 1. The summed E-state index contributed by atoms with van der Waals surface area (Å²) in [5, 5.41) is 5.62. The van der Waals surface area contributed by atoms with Crippen molar-refractivity contribution in [1.29, 1.82) is 0 Å². The van der Waals surface area contributed by atoms with Crippen molar-refractivity contribution in [1.82, 2.24) is 4.98 Å². The smallest absolute Gasteiger partial charge is 0.231 e. The zero-order chi connectivity index (χ0) is 17.3. The minimum absolute atomic E-state index is 0.281. The molecule has 2 aromatic carbocycles. The Labute approximate surface area is 151 Å². The van der Waals surface area contributed by atoms with Crippen molar-refractivity contribution < 1.29 is 9.47 Å². The van der Waals surface area contributed by atoms with Crippen molar-refractivity contribution in [3.05, 3.63) is 59.3 Å². The monoisotopic (exact) mass is 345 g/mol. The molecule has 0 spiro atoms.